The van der Waals surface area contributed by atoms with Gasteiger partial charge in [0.05, 0.1) is 9.82 Å². The van der Waals surface area contributed by atoms with Crippen molar-refractivity contribution in [2.75, 3.05) is 0 Å². The number of hydrogen-bond acceptors (Lipinski definition) is 5. The number of nitro groups is 1. The lowest BCUT2D eigenvalue weighted by Crippen LogP contribution is -2.40. The number of carboxylic acids is 1. The summed E-state index contributed by atoms with van der Waals surface area (Å²) in [6.07, 6.45) is 0.0581. The van der Waals surface area contributed by atoms with Gasteiger partial charge in [-0.05, 0) is 18.9 Å². The Labute approximate surface area is 115 Å². The van der Waals surface area contributed by atoms with Gasteiger partial charge in [-0.25, -0.2) is 8.42 Å². The molecule has 9 heteroatoms. The first-order valence-electron chi connectivity index (χ1n) is 5.69. The highest BCUT2D eigenvalue weighted by atomic mass is 32.2. The van der Waals surface area contributed by atoms with E-state index in [0.717, 1.165) is 6.07 Å². The summed E-state index contributed by atoms with van der Waals surface area (Å²) in [6.45, 7) is 2.99. The molecule has 110 valence electrons. The van der Waals surface area contributed by atoms with Crippen LogP contribution in [0.2, 0.25) is 0 Å². The molecule has 20 heavy (non-hydrogen) atoms. The highest BCUT2D eigenvalue weighted by Gasteiger charge is 2.26. The Kier molecular flexibility index (Phi) is 4.79. The highest BCUT2D eigenvalue weighted by Crippen LogP contribution is 2.21. The maximum Gasteiger partial charge on any atom is 0.321 e. The molecule has 8 nitrogen and oxygen atoms in total. The van der Waals surface area contributed by atoms with Gasteiger partial charge in [-0.15, -0.1) is 0 Å². The number of hydrogen-bond donors (Lipinski definition) is 2. The minimum atomic E-state index is -4.14. The van der Waals surface area contributed by atoms with E-state index >= 15 is 0 Å². The molecule has 0 saturated heterocycles. The zero-order valence-corrected chi connectivity index (χ0v) is 11.7. The summed E-state index contributed by atoms with van der Waals surface area (Å²) in [6, 6.07) is 2.11. The predicted molar refractivity (Wildman–Crippen MR) is 69.9 cm³/mol. The van der Waals surface area contributed by atoms with Crippen LogP contribution < -0.4 is 4.72 Å². The van der Waals surface area contributed by atoms with Gasteiger partial charge in [-0.1, -0.05) is 13.0 Å². The van der Waals surface area contributed by atoms with Crippen molar-refractivity contribution in [2.24, 2.45) is 0 Å². The maximum atomic E-state index is 12.1. The Morgan fingerprint density at radius 2 is 2.10 bits per heavy atom. The number of nitro benzene ring substituents is 1. The molecule has 0 aliphatic carbocycles. The maximum absolute atomic E-state index is 12.1. The van der Waals surface area contributed by atoms with E-state index in [0.29, 0.717) is 5.56 Å². The van der Waals surface area contributed by atoms with Gasteiger partial charge in [0.2, 0.25) is 10.0 Å². The summed E-state index contributed by atoms with van der Waals surface area (Å²) in [5.41, 5.74) is -0.0808. The molecule has 0 radical (unpaired) electrons. The smallest absolute Gasteiger partial charge is 0.321 e. The zero-order chi connectivity index (χ0) is 15.5. The second-order valence-corrected chi connectivity index (χ2v) is 5.81. The van der Waals surface area contributed by atoms with E-state index in [1.54, 1.807) is 0 Å². The van der Waals surface area contributed by atoms with E-state index in [9.17, 15) is 23.3 Å². The molecule has 0 amide bonds. The molecule has 0 saturated carbocycles. The van der Waals surface area contributed by atoms with Crippen LogP contribution in [-0.4, -0.2) is 30.5 Å². The first-order valence-corrected chi connectivity index (χ1v) is 7.17. The van der Waals surface area contributed by atoms with Gasteiger partial charge in [0.25, 0.3) is 5.69 Å². The summed E-state index contributed by atoms with van der Waals surface area (Å²) < 4.78 is 26.2. The molecule has 1 aromatic rings. The molecular weight excluding hydrogens is 288 g/mol. The van der Waals surface area contributed by atoms with Crippen LogP contribution in [0.4, 0.5) is 5.69 Å². The van der Waals surface area contributed by atoms with Crippen LogP contribution in [0.15, 0.2) is 23.1 Å². The monoisotopic (exact) mass is 302 g/mol. The Balaban J connectivity index is 3.24. The van der Waals surface area contributed by atoms with Crippen molar-refractivity contribution in [3.8, 4) is 0 Å². The average Bonchev–Trinajstić information content (AvgIpc) is 2.35. The number of sulfonamides is 1. The van der Waals surface area contributed by atoms with Gasteiger partial charge in [-0.3, -0.25) is 14.9 Å². The molecule has 1 aromatic carbocycles. The summed E-state index contributed by atoms with van der Waals surface area (Å²) in [5.74, 6) is -1.31. The fraction of sp³-hybridized carbons (Fsp3) is 0.364. The van der Waals surface area contributed by atoms with Gasteiger partial charge in [0.15, 0.2) is 0 Å². The molecule has 0 fully saturated rings. The Hall–Kier alpha value is -2.00. The second-order valence-electron chi connectivity index (χ2n) is 4.13. The van der Waals surface area contributed by atoms with Crippen LogP contribution in [0.25, 0.3) is 0 Å². The number of aliphatic carboxylic acids is 1. The topological polar surface area (TPSA) is 127 Å². The van der Waals surface area contributed by atoms with E-state index in [-0.39, 0.29) is 17.0 Å². The molecular formula is C11H14N2O6S. The summed E-state index contributed by atoms with van der Waals surface area (Å²) >= 11 is 0. The van der Waals surface area contributed by atoms with Crippen LogP contribution >= 0.6 is 0 Å². The lowest BCUT2D eigenvalue weighted by atomic mass is 10.2. The minimum absolute atomic E-state index is 0.0581. The molecule has 0 spiro atoms. The lowest BCUT2D eigenvalue weighted by Gasteiger charge is -2.14. The van der Waals surface area contributed by atoms with E-state index in [1.807, 2.05) is 4.72 Å². The molecule has 0 aliphatic rings. The fourth-order valence-corrected chi connectivity index (χ4v) is 3.09. The second kappa shape index (κ2) is 5.97. The number of carbonyl (C=O) groups is 1. The van der Waals surface area contributed by atoms with Crippen molar-refractivity contribution >= 4 is 21.7 Å². The Bertz CT molecular complexity index is 640. The van der Waals surface area contributed by atoms with E-state index in [2.05, 4.69) is 0 Å². The van der Waals surface area contributed by atoms with Crippen molar-refractivity contribution in [3.63, 3.8) is 0 Å². The predicted octanol–water partition coefficient (Wildman–Crippen LogP) is 1.04. The van der Waals surface area contributed by atoms with Crippen molar-refractivity contribution in [3.05, 3.63) is 33.9 Å². The molecule has 1 unspecified atom stereocenters. The van der Waals surface area contributed by atoms with Crippen LogP contribution in [0.5, 0.6) is 0 Å². The van der Waals surface area contributed by atoms with Crippen molar-refractivity contribution in [2.45, 2.75) is 31.2 Å². The molecule has 1 atom stereocenters. The molecule has 0 aromatic heterocycles. The first-order chi connectivity index (χ1) is 9.19. The van der Waals surface area contributed by atoms with Gasteiger partial charge < -0.3 is 5.11 Å². The van der Waals surface area contributed by atoms with Crippen LogP contribution in [0, 0.1) is 17.0 Å². The molecule has 1 rings (SSSR count). The van der Waals surface area contributed by atoms with Crippen LogP contribution in [-0.2, 0) is 14.8 Å². The number of nitrogens with zero attached hydrogens (tertiary/aromatic N) is 1. The number of rotatable bonds is 6. The number of aryl methyl sites for hydroxylation is 1. The van der Waals surface area contributed by atoms with Crippen molar-refractivity contribution in [1.82, 2.24) is 4.72 Å². The molecule has 0 bridgehead atoms. The largest absolute Gasteiger partial charge is 0.480 e. The number of nitrogens with one attached hydrogen (secondary N) is 1. The lowest BCUT2D eigenvalue weighted by molar-refractivity contribution is -0.385. The van der Waals surface area contributed by atoms with E-state index in [1.165, 1.54) is 26.0 Å². The first kappa shape index (κ1) is 16.1. The normalized spacial score (nSPS) is 12.9. The summed E-state index contributed by atoms with van der Waals surface area (Å²) in [4.78, 5) is 20.5. The van der Waals surface area contributed by atoms with Gasteiger partial charge in [-0.2, -0.15) is 4.72 Å². The fourth-order valence-electron chi connectivity index (χ4n) is 1.55. The number of benzene rings is 1. The third kappa shape index (κ3) is 3.52. The van der Waals surface area contributed by atoms with Crippen LogP contribution in [0.3, 0.4) is 0 Å². The third-order valence-corrected chi connectivity index (χ3v) is 4.29. The highest BCUT2D eigenvalue weighted by molar-refractivity contribution is 7.89. The molecule has 2 N–H and O–H groups in total. The summed E-state index contributed by atoms with van der Waals surface area (Å²) in [5, 5.41) is 19.5. The standard InChI is InChI=1S/C11H14N2O6S/c1-3-9(11(14)15)12-20(18,19)10-6-8(13(16)17)5-4-7(10)2/h4-6,9,12H,3H2,1-2H3,(H,14,15). The molecule has 0 aliphatic heterocycles. The SMILES string of the molecule is CCC(NS(=O)(=O)c1cc([N+](=O)[O-])ccc1C)C(=O)O. The summed E-state index contributed by atoms with van der Waals surface area (Å²) in [7, 11) is -4.14. The van der Waals surface area contributed by atoms with Gasteiger partial charge >= 0.3 is 5.97 Å². The van der Waals surface area contributed by atoms with E-state index in [4.69, 9.17) is 5.11 Å². The van der Waals surface area contributed by atoms with Crippen molar-refractivity contribution in [1.29, 1.82) is 0 Å². The average molecular weight is 302 g/mol. The van der Waals surface area contributed by atoms with Gasteiger partial charge in [0, 0.05) is 12.1 Å². The minimum Gasteiger partial charge on any atom is -0.480 e. The zero-order valence-electron chi connectivity index (χ0n) is 10.9. The van der Waals surface area contributed by atoms with Crippen molar-refractivity contribution < 1.29 is 23.2 Å². The van der Waals surface area contributed by atoms with Gasteiger partial charge in [0.1, 0.15) is 6.04 Å². The third-order valence-electron chi connectivity index (χ3n) is 2.68. The molecule has 0 heterocycles. The number of non-ortho nitro benzene ring substituents is 1. The number of carboxylic acid groups (broad SMARTS) is 1. The van der Waals surface area contributed by atoms with E-state index < -0.39 is 27.0 Å². The van der Waals surface area contributed by atoms with Crippen LogP contribution in [0.1, 0.15) is 18.9 Å². The quantitative estimate of drug-likeness (QED) is 0.597. The Morgan fingerprint density at radius 1 is 1.50 bits per heavy atom. The Morgan fingerprint density at radius 3 is 2.55 bits per heavy atom.